The van der Waals surface area contributed by atoms with E-state index in [1.54, 1.807) is 0 Å². The van der Waals surface area contributed by atoms with E-state index in [4.69, 9.17) is 5.11 Å². The maximum absolute atomic E-state index is 12.1. The van der Waals surface area contributed by atoms with Gasteiger partial charge in [0.05, 0.1) is 11.8 Å². The molecule has 0 aromatic heterocycles. The van der Waals surface area contributed by atoms with Crippen molar-refractivity contribution in [2.45, 2.75) is 46.0 Å². The van der Waals surface area contributed by atoms with Gasteiger partial charge in [-0.1, -0.05) is 13.8 Å². The van der Waals surface area contributed by atoms with E-state index in [9.17, 15) is 9.59 Å². The van der Waals surface area contributed by atoms with E-state index in [-0.39, 0.29) is 11.8 Å². The van der Waals surface area contributed by atoms with Crippen LogP contribution in [0.5, 0.6) is 0 Å². The van der Waals surface area contributed by atoms with Crippen molar-refractivity contribution in [3.8, 4) is 0 Å². The topological polar surface area (TPSA) is 66.4 Å². The van der Waals surface area contributed by atoms with Crippen LogP contribution in [-0.4, -0.2) is 23.5 Å². The highest BCUT2D eigenvalue weighted by molar-refractivity contribution is 5.85. The van der Waals surface area contributed by atoms with Crippen molar-refractivity contribution in [2.75, 3.05) is 6.54 Å². The predicted molar refractivity (Wildman–Crippen MR) is 68.0 cm³/mol. The molecule has 0 bridgehead atoms. The Morgan fingerprint density at radius 2 is 1.89 bits per heavy atom. The minimum Gasteiger partial charge on any atom is -0.481 e. The Morgan fingerprint density at radius 1 is 1.28 bits per heavy atom. The maximum Gasteiger partial charge on any atom is 0.307 e. The fourth-order valence-corrected chi connectivity index (χ4v) is 3.09. The zero-order valence-electron chi connectivity index (χ0n) is 11.2. The van der Waals surface area contributed by atoms with E-state index in [0.29, 0.717) is 24.2 Å². The third-order valence-electron chi connectivity index (χ3n) is 4.80. The van der Waals surface area contributed by atoms with E-state index < -0.39 is 11.9 Å². The van der Waals surface area contributed by atoms with Crippen LogP contribution in [0.4, 0.5) is 0 Å². The number of carbonyl (C=O) groups is 2. The summed E-state index contributed by atoms with van der Waals surface area (Å²) in [6.45, 7) is 4.90. The highest BCUT2D eigenvalue weighted by Crippen LogP contribution is 2.48. The van der Waals surface area contributed by atoms with Gasteiger partial charge in [-0.2, -0.15) is 0 Å². The molecule has 2 aliphatic rings. The summed E-state index contributed by atoms with van der Waals surface area (Å²) < 4.78 is 0. The summed E-state index contributed by atoms with van der Waals surface area (Å²) in [6.07, 6.45) is 4.81. The standard InChI is InChI=1S/C14H23NO3/c1-3-14(4-5-14)8-15-12(16)10-6-9(2)7-11(10)13(17)18/h9-11H,3-8H2,1-2H3,(H,15,16)(H,17,18). The van der Waals surface area contributed by atoms with Crippen molar-refractivity contribution >= 4 is 11.9 Å². The summed E-state index contributed by atoms with van der Waals surface area (Å²) in [7, 11) is 0. The van der Waals surface area contributed by atoms with Crippen LogP contribution in [0.1, 0.15) is 46.0 Å². The molecule has 102 valence electrons. The number of nitrogens with one attached hydrogen (secondary N) is 1. The molecule has 3 atom stereocenters. The van der Waals surface area contributed by atoms with Crippen LogP contribution in [-0.2, 0) is 9.59 Å². The zero-order valence-corrected chi connectivity index (χ0v) is 11.2. The molecule has 0 spiro atoms. The lowest BCUT2D eigenvalue weighted by atomic mass is 9.95. The van der Waals surface area contributed by atoms with Gasteiger partial charge < -0.3 is 10.4 Å². The number of hydrogen-bond acceptors (Lipinski definition) is 2. The number of amides is 1. The smallest absolute Gasteiger partial charge is 0.307 e. The number of rotatable bonds is 5. The predicted octanol–water partition coefficient (Wildman–Crippen LogP) is 2.04. The molecule has 2 fully saturated rings. The van der Waals surface area contributed by atoms with Crippen LogP contribution in [0.3, 0.4) is 0 Å². The minimum atomic E-state index is -0.823. The molecule has 2 rings (SSSR count). The van der Waals surface area contributed by atoms with Gasteiger partial charge in [0, 0.05) is 6.54 Å². The van der Waals surface area contributed by atoms with Gasteiger partial charge in [0.2, 0.25) is 5.91 Å². The minimum absolute atomic E-state index is 0.0496. The molecule has 0 aliphatic heterocycles. The summed E-state index contributed by atoms with van der Waals surface area (Å²) in [5.74, 6) is -1.35. The lowest BCUT2D eigenvalue weighted by Crippen LogP contribution is -2.38. The Morgan fingerprint density at radius 3 is 2.39 bits per heavy atom. The van der Waals surface area contributed by atoms with Crippen LogP contribution in [0.25, 0.3) is 0 Å². The summed E-state index contributed by atoms with van der Waals surface area (Å²) in [5, 5.41) is 12.1. The second-order valence-electron chi connectivity index (χ2n) is 6.20. The van der Waals surface area contributed by atoms with Crippen molar-refractivity contribution < 1.29 is 14.7 Å². The molecule has 3 unspecified atom stereocenters. The second-order valence-corrected chi connectivity index (χ2v) is 6.20. The average Bonchev–Trinajstić information content (AvgIpc) is 3.01. The number of carbonyl (C=O) groups excluding carboxylic acids is 1. The van der Waals surface area contributed by atoms with Crippen LogP contribution in [0, 0.1) is 23.2 Å². The molecule has 2 aliphatic carbocycles. The normalized spacial score (nSPS) is 33.1. The van der Waals surface area contributed by atoms with Gasteiger partial charge in [0.15, 0.2) is 0 Å². The third-order valence-corrected chi connectivity index (χ3v) is 4.80. The van der Waals surface area contributed by atoms with Gasteiger partial charge in [-0.05, 0) is 43.4 Å². The summed E-state index contributed by atoms with van der Waals surface area (Å²) in [5.41, 5.74) is 0.318. The number of carboxylic acid groups (broad SMARTS) is 1. The first-order valence-corrected chi connectivity index (χ1v) is 6.98. The van der Waals surface area contributed by atoms with E-state index in [1.165, 1.54) is 12.8 Å². The molecule has 1 amide bonds. The first kappa shape index (κ1) is 13.4. The lowest BCUT2D eigenvalue weighted by molar-refractivity contribution is -0.146. The zero-order chi connectivity index (χ0) is 13.3. The van der Waals surface area contributed by atoms with Crippen molar-refractivity contribution in [3.63, 3.8) is 0 Å². The maximum atomic E-state index is 12.1. The van der Waals surface area contributed by atoms with Crippen LogP contribution in [0.15, 0.2) is 0 Å². The van der Waals surface area contributed by atoms with E-state index in [0.717, 1.165) is 13.0 Å². The van der Waals surface area contributed by atoms with Crippen LogP contribution in [0.2, 0.25) is 0 Å². The molecule has 18 heavy (non-hydrogen) atoms. The van der Waals surface area contributed by atoms with Crippen molar-refractivity contribution in [1.29, 1.82) is 0 Å². The van der Waals surface area contributed by atoms with E-state index >= 15 is 0 Å². The number of hydrogen-bond donors (Lipinski definition) is 2. The highest BCUT2D eigenvalue weighted by atomic mass is 16.4. The van der Waals surface area contributed by atoms with E-state index in [2.05, 4.69) is 12.2 Å². The SMILES string of the molecule is CCC1(CNC(=O)C2CC(C)CC2C(=O)O)CC1. The molecular formula is C14H23NO3. The molecule has 2 N–H and O–H groups in total. The Kier molecular flexibility index (Phi) is 3.64. The molecule has 0 radical (unpaired) electrons. The Labute approximate surface area is 108 Å². The molecule has 0 aromatic rings. The third kappa shape index (κ3) is 2.68. The molecule has 2 saturated carbocycles. The van der Waals surface area contributed by atoms with Gasteiger partial charge in [-0.25, -0.2) is 0 Å². The van der Waals surface area contributed by atoms with Crippen molar-refractivity contribution in [2.24, 2.45) is 23.2 Å². The lowest BCUT2D eigenvalue weighted by Gasteiger charge is -2.18. The Balaban J connectivity index is 1.89. The summed E-state index contributed by atoms with van der Waals surface area (Å²) >= 11 is 0. The quantitative estimate of drug-likeness (QED) is 0.788. The Bertz CT molecular complexity index is 349. The average molecular weight is 253 g/mol. The largest absolute Gasteiger partial charge is 0.481 e. The molecule has 4 nitrogen and oxygen atoms in total. The first-order chi connectivity index (χ1) is 8.47. The summed E-state index contributed by atoms with van der Waals surface area (Å²) in [6, 6.07) is 0. The molecule has 0 aromatic carbocycles. The summed E-state index contributed by atoms with van der Waals surface area (Å²) in [4.78, 5) is 23.3. The van der Waals surface area contributed by atoms with Gasteiger partial charge >= 0.3 is 5.97 Å². The van der Waals surface area contributed by atoms with Gasteiger partial charge in [-0.15, -0.1) is 0 Å². The fourth-order valence-electron chi connectivity index (χ4n) is 3.09. The highest BCUT2D eigenvalue weighted by Gasteiger charge is 2.44. The Hall–Kier alpha value is -1.06. The van der Waals surface area contributed by atoms with Crippen molar-refractivity contribution in [1.82, 2.24) is 5.32 Å². The molecular weight excluding hydrogens is 230 g/mol. The monoisotopic (exact) mass is 253 g/mol. The first-order valence-electron chi connectivity index (χ1n) is 6.98. The molecule has 0 saturated heterocycles. The van der Waals surface area contributed by atoms with Gasteiger partial charge in [-0.3, -0.25) is 9.59 Å². The van der Waals surface area contributed by atoms with E-state index in [1.807, 2.05) is 6.92 Å². The fraction of sp³-hybridized carbons (Fsp3) is 0.857. The molecule has 4 heteroatoms. The molecule has 0 heterocycles. The van der Waals surface area contributed by atoms with Gasteiger partial charge in [0.25, 0.3) is 0 Å². The second kappa shape index (κ2) is 4.90. The number of aliphatic carboxylic acids is 1. The van der Waals surface area contributed by atoms with Crippen molar-refractivity contribution in [3.05, 3.63) is 0 Å². The van der Waals surface area contributed by atoms with Crippen LogP contribution >= 0.6 is 0 Å². The van der Waals surface area contributed by atoms with Gasteiger partial charge in [0.1, 0.15) is 0 Å². The van der Waals surface area contributed by atoms with Crippen LogP contribution < -0.4 is 5.32 Å². The number of carboxylic acids is 1.